The summed E-state index contributed by atoms with van der Waals surface area (Å²) in [7, 11) is 0. The van der Waals surface area contributed by atoms with E-state index in [4.69, 9.17) is 10.4 Å². The molecular formula is C29H22FN7O2S2. The van der Waals surface area contributed by atoms with Crippen molar-refractivity contribution in [2.45, 2.75) is 23.1 Å². The Morgan fingerprint density at radius 1 is 1.07 bits per heavy atom. The van der Waals surface area contributed by atoms with Gasteiger partial charge in [-0.25, -0.2) is 9.37 Å². The highest BCUT2D eigenvalue weighted by Gasteiger charge is 2.22. The highest BCUT2D eigenvalue weighted by atomic mass is 32.2. The van der Waals surface area contributed by atoms with Gasteiger partial charge in [0.15, 0.2) is 4.34 Å². The largest absolute Gasteiger partial charge is 0.303 e. The maximum Gasteiger partial charge on any atom is 0.267 e. The van der Waals surface area contributed by atoms with E-state index in [2.05, 4.69) is 15.5 Å². The van der Waals surface area contributed by atoms with E-state index in [1.165, 1.54) is 28.3 Å². The molecule has 4 aromatic heterocycles. The molecule has 0 fully saturated rings. The van der Waals surface area contributed by atoms with Gasteiger partial charge in [0.25, 0.3) is 11.5 Å². The van der Waals surface area contributed by atoms with Crippen LogP contribution in [-0.4, -0.2) is 30.1 Å². The van der Waals surface area contributed by atoms with E-state index in [9.17, 15) is 14.0 Å². The van der Waals surface area contributed by atoms with E-state index in [0.29, 0.717) is 27.0 Å². The van der Waals surface area contributed by atoms with E-state index >= 15 is 0 Å². The van der Waals surface area contributed by atoms with E-state index in [-0.39, 0.29) is 32.9 Å². The molecule has 12 heteroatoms. The molecule has 2 N–H and O–H groups in total. The topological polar surface area (TPSA) is 118 Å². The Hall–Kier alpha value is -4.68. The second-order valence-corrected chi connectivity index (χ2v) is 11.4. The van der Waals surface area contributed by atoms with Crippen LogP contribution in [-0.2, 0) is 5.75 Å². The third-order valence-corrected chi connectivity index (χ3v) is 8.63. The van der Waals surface area contributed by atoms with Crippen LogP contribution in [0.1, 0.15) is 34.5 Å². The predicted molar refractivity (Wildman–Crippen MR) is 157 cm³/mol. The number of aromatic nitrogens is 5. The molecule has 1 amide bonds. The number of thioether (sulfide) groups is 1. The summed E-state index contributed by atoms with van der Waals surface area (Å²) in [4.78, 5) is 31.7. The number of carbonyl (C=O) groups excluding carboxylic acids is 1. The first-order valence-electron chi connectivity index (χ1n) is 12.6. The van der Waals surface area contributed by atoms with Crippen molar-refractivity contribution in [2.75, 3.05) is 5.32 Å². The molecule has 1 unspecified atom stereocenters. The number of halogens is 1. The van der Waals surface area contributed by atoms with Gasteiger partial charge < -0.3 is 4.57 Å². The van der Waals surface area contributed by atoms with Crippen LogP contribution in [0.3, 0.4) is 0 Å². The van der Waals surface area contributed by atoms with Gasteiger partial charge in [-0.1, -0.05) is 77.7 Å². The number of fused-ring (bicyclic) bond motifs is 2. The summed E-state index contributed by atoms with van der Waals surface area (Å²) in [5.41, 5.74) is 1.71. The number of rotatable bonds is 7. The standard InChI is InChI=1S/C29H22FN7O2S2/c1-17(18-9-3-2-4-10-18)37-24(31)20(15-21-25(37)32-23-13-7-8-14-36(23)27(21)39)26(38)33-28-34-35-29(41-28)40-16-19-11-5-6-12-22(19)30/h2-15,17,31H,16H2,1H3,(H,33,34,38). The van der Waals surface area contributed by atoms with Gasteiger partial charge in [0.1, 0.15) is 22.6 Å². The fraction of sp³-hybridized carbons (Fsp3) is 0.103. The molecule has 0 radical (unpaired) electrons. The van der Waals surface area contributed by atoms with Crippen LogP contribution in [0.15, 0.2) is 94.2 Å². The number of hydrogen-bond acceptors (Lipinski definition) is 8. The maximum absolute atomic E-state index is 14.0. The number of anilines is 1. The molecule has 0 bridgehead atoms. The van der Waals surface area contributed by atoms with Crippen LogP contribution in [0, 0.1) is 11.2 Å². The summed E-state index contributed by atoms with van der Waals surface area (Å²) in [6.45, 7) is 1.90. The Morgan fingerprint density at radius 3 is 2.63 bits per heavy atom. The van der Waals surface area contributed by atoms with Gasteiger partial charge in [-0.15, -0.1) is 10.2 Å². The highest BCUT2D eigenvalue weighted by molar-refractivity contribution is 8.00. The summed E-state index contributed by atoms with van der Waals surface area (Å²) in [5.74, 6) is -0.544. The second kappa shape index (κ2) is 11.1. The van der Waals surface area contributed by atoms with Crippen LogP contribution in [0.2, 0.25) is 0 Å². The number of pyridine rings is 2. The third kappa shape index (κ3) is 5.14. The fourth-order valence-corrected chi connectivity index (χ4v) is 6.25. The smallest absolute Gasteiger partial charge is 0.267 e. The van der Waals surface area contributed by atoms with Crippen LogP contribution in [0.5, 0.6) is 0 Å². The zero-order valence-corrected chi connectivity index (χ0v) is 23.2. The summed E-state index contributed by atoms with van der Waals surface area (Å²) < 4.78 is 17.5. The minimum Gasteiger partial charge on any atom is -0.303 e. The zero-order valence-electron chi connectivity index (χ0n) is 21.6. The molecule has 6 aromatic rings. The van der Waals surface area contributed by atoms with Crippen LogP contribution < -0.4 is 16.4 Å². The van der Waals surface area contributed by atoms with Crippen molar-refractivity contribution in [3.05, 3.63) is 123 Å². The number of benzene rings is 2. The van der Waals surface area contributed by atoms with Gasteiger partial charge in [0.2, 0.25) is 5.13 Å². The average Bonchev–Trinajstić information content (AvgIpc) is 3.44. The minimum absolute atomic E-state index is 0.00850. The Bertz CT molecular complexity index is 2040. The van der Waals surface area contributed by atoms with Crippen LogP contribution in [0.25, 0.3) is 16.7 Å². The monoisotopic (exact) mass is 583 g/mol. The predicted octanol–water partition coefficient (Wildman–Crippen LogP) is 5.27. The Morgan fingerprint density at radius 2 is 1.83 bits per heavy atom. The zero-order chi connectivity index (χ0) is 28.5. The number of nitrogens with zero attached hydrogens (tertiary/aromatic N) is 5. The SMILES string of the molecule is CC(c1ccccc1)n1c(=N)c(C(=O)Nc2nnc(SCc3ccccc3F)s2)cc2c(=O)n3ccccc3nc21. The molecule has 6 rings (SSSR count). The molecule has 1 atom stereocenters. The summed E-state index contributed by atoms with van der Waals surface area (Å²) in [5, 5.41) is 20.3. The molecule has 0 saturated carbocycles. The van der Waals surface area contributed by atoms with E-state index in [1.807, 2.05) is 37.3 Å². The number of nitrogens with one attached hydrogen (secondary N) is 2. The lowest BCUT2D eigenvalue weighted by molar-refractivity contribution is 0.102. The van der Waals surface area contributed by atoms with Crippen molar-refractivity contribution >= 4 is 50.8 Å². The fourth-order valence-electron chi connectivity index (χ4n) is 4.52. The first-order chi connectivity index (χ1) is 19.9. The van der Waals surface area contributed by atoms with Crippen molar-refractivity contribution in [3.8, 4) is 0 Å². The van der Waals surface area contributed by atoms with Crippen LogP contribution >= 0.6 is 23.1 Å². The van der Waals surface area contributed by atoms with Gasteiger partial charge in [0, 0.05) is 11.9 Å². The summed E-state index contributed by atoms with van der Waals surface area (Å²) in [6, 6.07) is 22.3. The highest BCUT2D eigenvalue weighted by Crippen LogP contribution is 2.29. The van der Waals surface area contributed by atoms with Gasteiger partial charge in [-0.2, -0.15) is 0 Å². The van der Waals surface area contributed by atoms with Crippen molar-refractivity contribution in [1.29, 1.82) is 5.41 Å². The quantitative estimate of drug-likeness (QED) is 0.150. The van der Waals surface area contributed by atoms with E-state index < -0.39 is 11.9 Å². The second-order valence-electron chi connectivity index (χ2n) is 9.15. The van der Waals surface area contributed by atoms with Gasteiger partial charge >= 0.3 is 0 Å². The normalized spacial score (nSPS) is 12.0. The number of hydrogen-bond donors (Lipinski definition) is 2. The molecule has 9 nitrogen and oxygen atoms in total. The lowest BCUT2D eigenvalue weighted by atomic mass is 10.1. The first-order valence-corrected chi connectivity index (χ1v) is 14.4. The minimum atomic E-state index is -0.606. The van der Waals surface area contributed by atoms with Crippen molar-refractivity contribution in [3.63, 3.8) is 0 Å². The molecule has 0 aliphatic carbocycles. The molecule has 0 saturated heterocycles. The molecule has 0 aliphatic heterocycles. The number of amides is 1. The summed E-state index contributed by atoms with van der Waals surface area (Å²) >= 11 is 2.45. The molecular weight excluding hydrogens is 561 g/mol. The van der Waals surface area contributed by atoms with Crippen LogP contribution in [0.4, 0.5) is 9.52 Å². The maximum atomic E-state index is 14.0. The van der Waals surface area contributed by atoms with Crippen molar-refractivity contribution < 1.29 is 9.18 Å². The van der Waals surface area contributed by atoms with Crippen molar-refractivity contribution in [1.82, 2.24) is 24.1 Å². The number of carbonyl (C=O) groups is 1. The molecule has 4 heterocycles. The van der Waals surface area contributed by atoms with E-state index in [0.717, 1.165) is 16.9 Å². The molecule has 2 aromatic carbocycles. The lowest BCUT2D eigenvalue weighted by Gasteiger charge is -2.20. The lowest BCUT2D eigenvalue weighted by Crippen LogP contribution is -2.34. The molecule has 0 spiro atoms. The summed E-state index contributed by atoms with van der Waals surface area (Å²) in [6.07, 6.45) is 1.62. The Kier molecular flexibility index (Phi) is 7.16. The molecule has 204 valence electrons. The van der Waals surface area contributed by atoms with Gasteiger partial charge in [-0.05, 0) is 42.3 Å². The third-order valence-electron chi connectivity index (χ3n) is 6.61. The first kappa shape index (κ1) is 26.5. The average molecular weight is 584 g/mol. The van der Waals surface area contributed by atoms with Crippen molar-refractivity contribution in [2.24, 2.45) is 0 Å². The Balaban J connectivity index is 1.38. The van der Waals surface area contributed by atoms with Gasteiger partial charge in [-0.3, -0.25) is 24.7 Å². The Labute approximate surface area is 240 Å². The van der Waals surface area contributed by atoms with Gasteiger partial charge in [0.05, 0.1) is 17.0 Å². The molecule has 0 aliphatic rings. The molecule has 41 heavy (non-hydrogen) atoms. The van der Waals surface area contributed by atoms with E-state index in [1.54, 1.807) is 47.2 Å².